The third-order valence-corrected chi connectivity index (χ3v) is 6.10. The Labute approximate surface area is 137 Å². The van der Waals surface area contributed by atoms with Crippen molar-refractivity contribution in [3.63, 3.8) is 0 Å². The van der Waals surface area contributed by atoms with E-state index < -0.39 is 33.8 Å². The quantitative estimate of drug-likeness (QED) is 0.438. The topological polar surface area (TPSA) is 55.4 Å². The van der Waals surface area contributed by atoms with Gasteiger partial charge in [-0.15, -0.1) is 0 Å². The van der Waals surface area contributed by atoms with Gasteiger partial charge >= 0.3 is 27.9 Å². The molecule has 0 N–H and O–H groups in total. The lowest BCUT2D eigenvalue weighted by atomic mass is 10.2. The Balaban J connectivity index is 5.22. The van der Waals surface area contributed by atoms with E-state index in [9.17, 15) is 0 Å². The Morgan fingerprint density at radius 3 is 0.909 bits per heavy atom. The van der Waals surface area contributed by atoms with Gasteiger partial charge < -0.3 is 26.6 Å². The third kappa shape index (κ3) is 9.18. The van der Waals surface area contributed by atoms with E-state index in [1.54, 1.807) is 42.7 Å². The molecule has 9 heteroatoms. The zero-order chi connectivity index (χ0) is 16.8. The van der Waals surface area contributed by atoms with Crippen LogP contribution in [0, 0.1) is 40.3 Å². The molecule has 0 bridgehead atoms. The molecule has 6 nitrogen and oxygen atoms in total. The SMILES string of the molecule is CO[SiH](C#CC(C#C[SiH](OC)OC)C#C[SiH](OC)OC)OC. The summed E-state index contributed by atoms with van der Waals surface area (Å²) in [6, 6.07) is 0. The summed E-state index contributed by atoms with van der Waals surface area (Å²) in [6.07, 6.45) is 0. The van der Waals surface area contributed by atoms with Crippen LogP contribution in [0.3, 0.4) is 0 Å². The highest BCUT2D eigenvalue weighted by Gasteiger charge is 2.08. The summed E-state index contributed by atoms with van der Waals surface area (Å²) in [7, 11) is 3.48. The summed E-state index contributed by atoms with van der Waals surface area (Å²) < 4.78 is 30.9. The average Bonchev–Trinajstić information content (AvgIpc) is 2.56. The molecule has 0 amide bonds. The second kappa shape index (κ2) is 13.7. The lowest BCUT2D eigenvalue weighted by Gasteiger charge is -2.03. The fourth-order valence-electron chi connectivity index (χ4n) is 1.20. The van der Waals surface area contributed by atoms with Crippen LogP contribution in [0.15, 0.2) is 0 Å². The van der Waals surface area contributed by atoms with E-state index in [0.29, 0.717) is 0 Å². The number of hydrogen-bond acceptors (Lipinski definition) is 6. The second-order valence-corrected chi connectivity index (χ2v) is 9.40. The van der Waals surface area contributed by atoms with Crippen molar-refractivity contribution in [2.24, 2.45) is 5.92 Å². The number of hydrogen-bond donors (Lipinski definition) is 0. The number of rotatable bonds is 6. The Bertz CT molecular complexity index is 398. The Morgan fingerprint density at radius 1 is 0.500 bits per heavy atom. The zero-order valence-electron chi connectivity index (χ0n) is 13.8. The fourth-order valence-corrected chi connectivity index (χ4v) is 3.40. The van der Waals surface area contributed by atoms with Crippen molar-refractivity contribution in [3.8, 4) is 34.4 Å². The summed E-state index contributed by atoms with van der Waals surface area (Å²) >= 11 is 0. The van der Waals surface area contributed by atoms with Crippen LogP contribution >= 0.6 is 0 Å². The Kier molecular flexibility index (Phi) is 13.2. The zero-order valence-corrected chi connectivity index (χ0v) is 17.2. The molecular weight excluding hydrogens is 336 g/mol. The summed E-state index contributed by atoms with van der Waals surface area (Å²) in [4.78, 5) is 0. The van der Waals surface area contributed by atoms with Gasteiger partial charge in [-0.3, -0.25) is 0 Å². The van der Waals surface area contributed by atoms with Crippen LogP contribution in [0.25, 0.3) is 0 Å². The van der Waals surface area contributed by atoms with Crippen molar-refractivity contribution in [3.05, 3.63) is 0 Å². The molecule has 0 unspecified atom stereocenters. The lowest BCUT2D eigenvalue weighted by Crippen LogP contribution is -2.18. The van der Waals surface area contributed by atoms with Crippen LogP contribution < -0.4 is 0 Å². The van der Waals surface area contributed by atoms with E-state index in [4.69, 9.17) is 26.6 Å². The van der Waals surface area contributed by atoms with Gasteiger partial charge in [0.15, 0.2) is 0 Å². The van der Waals surface area contributed by atoms with E-state index in [1.165, 1.54) is 0 Å². The summed E-state index contributed by atoms with van der Waals surface area (Å²) in [6.45, 7) is 0. The summed E-state index contributed by atoms with van der Waals surface area (Å²) in [5, 5.41) is 0. The first kappa shape index (κ1) is 21.1. The van der Waals surface area contributed by atoms with Crippen molar-refractivity contribution in [1.82, 2.24) is 0 Å². The Morgan fingerprint density at radius 2 is 0.727 bits per heavy atom. The first-order valence-corrected chi connectivity index (χ1v) is 10.9. The molecule has 0 saturated heterocycles. The van der Waals surface area contributed by atoms with Gasteiger partial charge in [-0.2, -0.15) is 0 Å². The predicted molar refractivity (Wildman–Crippen MR) is 90.3 cm³/mol. The van der Waals surface area contributed by atoms with Gasteiger partial charge in [-0.1, -0.05) is 34.4 Å². The van der Waals surface area contributed by atoms with Crippen LogP contribution in [0.2, 0.25) is 0 Å². The van der Waals surface area contributed by atoms with E-state index in [1.807, 2.05) is 0 Å². The highest BCUT2D eigenvalue weighted by molar-refractivity contribution is 6.55. The maximum absolute atomic E-state index is 5.15. The molecule has 0 aromatic carbocycles. The predicted octanol–water partition coefficient (Wildman–Crippen LogP) is -1.23. The van der Waals surface area contributed by atoms with Crippen LogP contribution in [0.1, 0.15) is 0 Å². The molecule has 0 aliphatic rings. The van der Waals surface area contributed by atoms with E-state index in [2.05, 4.69) is 34.4 Å². The molecule has 0 fully saturated rings. The molecule has 0 aromatic heterocycles. The molecule has 0 aromatic rings. The van der Waals surface area contributed by atoms with Gasteiger partial charge in [0.05, 0.1) is 0 Å². The van der Waals surface area contributed by atoms with Crippen LogP contribution in [0.5, 0.6) is 0 Å². The summed E-state index contributed by atoms with van der Waals surface area (Å²) in [5.41, 5.74) is 8.84. The average molecular weight is 359 g/mol. The van der Waals surface area contributed by atoms with E-state index >= 15 is 0 Å². The molecule has 0 saturated carbocycles. The smallest absolute Gasteiger partial charge is 0.391 e. The minimum Gasteiger partial charge on any atom is -0.391 e. The minimum absolute atomic E-state index is 0.458. The van der Waals surface area contributed by atoms with E-state index in [-0.39, 0.29) is 0 Å². The largest absolute Gasteiger partial charge is 0.406 e. The molecule has 0 aliphatic heterocycles. The maximum atomic E-state index is 5.15. The first-order chi connectivity index (χ1) is 10.6. The van der Waals surface area contributed by atoms with Crippen molar-refractivity contribution in [1.29, 1.82) is 0 Å². The molecular formula is C13H22O6Si3. The highest BCUT2D eigenvalue weighted by Crippen LogP contribution is 1.94. The molecule has 0 rings (SSSR count). The normalized spacial score (nSPS) is 10.1. The van der Waals surface area contributed by atoms with Crippen molar-refractivity contribution in [2.45, 2.75) is 0 Å². The minimum atomic E-state index is -1.98. The summed E-state index contributed by atoms with van der Waals surface area (Å²) in [5.74, 6) is 8.44. The van der Waals surface area contributed by atoms with Crippen molar-refractivity contribution >= 4 is 27.9 Å². The Hall–Kier alpha value is -0.909. The van der Waals surface area contributed by atoms with Crippen LogP contribution in [0.4, 0.5) is 0 Å². The second-order valence-electron chi connectivity index (χ2n) is 3.71. The lowest BCUT2D eigenvalue weighted by molar-refractivity contribution is 0.293. The van der Waals surface area contributed by atoms with Gasteiger partial charge in [-0.25, -0.2) is 0 Å². The van der Waals surface area contributed by atoms with Gasteiger partial charge in [0.25, 0.3) is 0 Å². The van der Waals surface area contributed by atoms with E-state index in [0.717, 1.165) is 0 Å². The highest BCUT2D eigenvalue weighted by atomic mass is 28.3. The molecule has 0 heterocycles. The molecule has 22 heavy (non-hydrogen) atoms. The van der Waals surface area contributed by atoms with Crippen LogP contribution in [-0.4, -0.2) is 70.5 Å². The van der Waals surface area contributed by atoms with Gasteiger partial charge in [0.2, 0.25) is 0 Å². The fraction of sp³-hybridized carbons (Fsp3) is 0.538. The van der Waals surface area contributed by atoms with Crippen LogP contribution in [-0.2, 0) is 26.6 Å². The molecule has 0 aliphatic carbocycles. The molecule has 0 radical (unpaired) electrons. The molecule has 0 atom stereocenters. The molecule has 122 valence electrons. The van der Waals surface area contributed by atoms with Gasteiger partial charge in [0.1, 0.15) is 5.92 Å². The first-order valence-electron chi connectivity index (χ1n) is 6.35. The van der Waals surface area contributed by atoms with Gasteiger partial charge in [0, 0.05) is 42.7 Å². The third-order valence-electron chi connectivity index (χ3n) is 2.32. The van der Waals surface area contributed by atoms with Crippen molar-refractivity contribution < 1.29 is 26.6 Å². The monoisotopic (exact) mass is 358 g/mol. The van der Waals surface area contributed by atoms with Crippen molar-refractivity contribution in [2.75, 3.05) is 42.7 Å². The maximum Gasteiger partial charge on any atom is 0.406 e. The molecule has 0 spiro atoms. The van der Waals surface area contributed by atoms with Gasteiger partial charge in [-0.05, 0) is 0 Å². The standard InChI is InChI=1S/C13H22O6Si3/c1-14-20(15-2)10-7-13(8-11-21(16-3)17-4)9-12-22(18-5)19-6/h13,20-22H,1-6H3.